The van der Waals surface area contributed by atoms with Crippen molar-refractivity contribution in [3.8, 4) is 10.6 Å². The van der Waals surface area contributed by atoms with E-state index in [0.717, 1.165) is 62.3 Å². The number of hydrogen-bond donors (Lipinski definition) is 3. The molecule has 1 aliphatic carbocycles. The van der Waals surface area contributed by atoms with E-state index in [-0.39, 0.29) is 33.2 Å². The number of aromatic nitrogens is 3. The summed E-state index contributed by atoms with van der Waals surface area (Å²) in [5.74, 6) is -1.03. The molecule has 3 heterocycles. The number of aryl methyl sites for hydroxylation is 1. The van der Waals surface area contributed by atoms with Crippen LogP contribution < -0.4 is 21.7 Å². The lowest BCUT2D eigenvalue weighted by Crippen LogP contribution is -2.29. The Balaban J connectivity index is 1.41. The number of hydrogen-bond acceptors (Lipinski definition) is 7. The molecule has 2 fully saturated rings. The minimum Gasteiger partial charge on any atom is -0.389 e. The van der Waals surface area contributed by atoms with Crippen molar-refractivity contribution >= 4 is 33.8 Å². The second-order valence-electron chi connectivity index (χ2n) is 8.97. The summed E-state index contributed by atoms with van der Waals surface area (Å²) in [5, 5.41) is 7.27. The maximum atomic E-state index is 15.1. The highest BCUT2D eigenvalue weighted by molar-refractivity contribution is 7.19. The van der Waals surface area contributed by atoms with E-state index in [4.69, 9.17) is 11.5 Å². The van der Waals surface area contributed by atoms with E-state index in [1.54, 1.807) is 10.9 Å². The van der Waals surface area contributed by atoms with E-state index < -0.39 is 17.5 Å². The van der Waals surface area contributed by atoms with Gasteiger partial charge in [-0.25, -0.2) is 13.8 Å². The van der Waals surface area contributed by atoms with Crippen LogP contribution in [-0.2, 0) is 7.05 Å². The summed E-state index contributed by atoms with van der Waals surface area (Å²) in [6.07, 6.45) is 6.07. The molecule has 1 saturated carbocycles. The van der Waals surface area contributed by atoms with Crippen LogP contribution in [0, 0.1) is 11.6 Å². The zero-order valence-corrected chi connectivity index (χ0v) is 19.7. The number of anilines is 3. The number of rotatable bonds is 5. The number of benzene rings is 1. The van der Waals surface area contributed by atoms with Crippen LogP contribution in [0.25, 0.3) is 10.6 Å². The molecular weight excluding hydrogens is 460 g/mol. The number of carbonyl (C=O) groups excluding carboxylic acids is 1. The molecule has 0 radical (unpaired) electrons. The van der Waals surface area contributed by atoms with E-state index in [0.29, 0.717) is 11.3 Å². The Morgan fingerprint density at radius 1 is 1.21 bits per heavy atom. The smallest absolute Gasteiger partial charge is 0.277 e. The standard InChI is InChI=1S/C23H27F2N7OS/c1-31-23(32-9-2-3-13(26)8-10-32)16(11-28-31)29-21(33)19-20(27)34-22(30-19)17-15(24)7-6-14(18(17)25)12-4-5-12/h6-7,11-13H,2-5,8-10,26-27H2,1H3,(H,29,33)/t13-/m1/s1. The van der Waals surface area contributed by atoms with Crippen molar-refractivity contribution in [3.05, 3.63) is 41.2 Å². The van der Waals surface area contributed by atoms with Crippen LogP contribution in [0.15, 0.2) is 18.3 Å². The minimum atomic E-state index is -0.725. The fourth-order valence-corrected chi connectivity index (χ4v) is 5.35. The molecule has 5 N–H and O–H groups in total. The van der Waals surface area contributed by atoms with Crippen LogP contribution in [0.2, 0.25) is 0 Å². The molecule has 1 atom stereocenters. The molecule has 180 valence electrons. The number of thiazole rings is 1. The zero-order valence-electron chi connectivity index (χ0n) is 18.9. The molecule has 2 aliphatic rings. The van der Waals surface area contributed by atoms with Gasteiger partial charge in [0.15, 0.2) is 11.5 Å². The highest BCUT2D eigenvalue weighted by atomic mass is 32.1. The van der Waals surface area contributed by atoms with Crippen molar-refractivity contribution in [3.63, 3.8) is 0 Å². The lowest BCUT2D eigenvalue weighted by molar-refractivity contribution is 0.102. The summed E-state index contributed by atoms with van der Waals surface area (Å²) >= 11 is 0.897. The summed E-state index contributed by atoms with van der Waals surface area (Å²) in [6.45, 7) is 1.55. The molecule has 1 saturated heterocycles. The third-order valence-electron chi connectivity index (χ3n) is 6.45. The van der Waals surface area contributed by atoms with Crippen LogP contribution in [0.4, 0.5) is 25.3 Å². The Hall–Kier alpha value is -3.05. The predicted molar refractivity (Wildman–Crippen MR) is 129 cm³/mol. The van der Waals surface area contributed by atoms with Crippen LogP contribution in [0.1, 0.15) is 54.1 Å². The van der Waals surface area contributed by atoms with Crippen molar-refractivity contribution in [1.82, 2.24) is 14.8 Å². The van der Waals surface area contributed by atoms with Crippen LogP contribution in [0.3, 0.4) is 0 Å². The number of nitrogens with one attached hydrogen (secondary N) is 1. The third kappa shape index (κ3) is 4.25. The van der Waals surface area contributed by atoms with Gasteiger partial charge in [0.25, 0.3) is 5.91 Å². The maximum absolute atomic E-state index is 15.1. The zero-order chi connectivity index (χ0) is 24.0. The van der Waals surface area contributed by atoms with E-state index >= 15 is 4.39 Å². The van der Waals surface area contributed by atoms with Gasteiger partial charge in [-0.15, -0.1) is 0 Å². The normalized spacial score (nSPS) is 18.7. The Morgan fingerprint density at radius 3 is 2.76 bits per heavy atom. The van der Waals surface area contributed by atoms with Crippen LogP contribution in [0.5, 0.6) is 0 Å². The molecule has 1 amide bonds. The SMILES string of the molecule is Cn1ncc(NC(=O)c2nc(-c3c(F)ccc(C4CC4)c3F)sc2N)c1N1CCC[C@@H](N)CC1. The molecule has 1 aromatic carbocycles. The van der Waals surface area contributed by atoms with Gasteiger partial charge >= 0.3 is 0 Å². The number of amides is 1. The van der Waals surface area contributed by atoms with Gasteiger partial charge in [-0.2, -0.15) is 5.10 Å². The lowest BCUT2D eigenvalue weighted by Gasteiger charge is -2.24. The Labute approximate surface area is 199 Å². The van der Waals surface area contributed by atoms with Crippen molar-refractivity contribution in [1.29, 1.82) is 0 Å². The minimum absolute atomic E-state index is 0.0491. The van der Waals surface area contributed by atoms with Gasteiger partial charge < -0.3 is 21.7 Å². The Bertz CT molecular complexity index is 1240. The van der Waals surface area contributed by atoms with E-state index in [2.05, 4.69) is 20.3 Å². The third-order valence-corrected chi connectivity index (χ3v) is 7.35. The number of nitrogen functional groups attached to an aromatic ring is 1. The molecule has 8 nitrogen and oxygen atoms in total. The molecule has 11 heteroatoms. The first-order valence-corrected chi connectivity index (χ1v) is 12.2. The molecular formula is C23H27F2N7OS. The fraction of sp³-hybridized carbons (Fsp3) is 0.435. The Kier molecular flexibility index (Phi) is 5.98. The fourth-order valence-electron chi connectivity index (χ4n) is 4.49. The van der Waals surface area contributed by atoms with Gasteiger partial charge in [0, 0.05) is 26.2 Å². The largest absolute Gasteiger partial charge is 0.389 e. The van der Waals surface area contributed by atoms with Gasteiger partial charge in [-0.1, -0.05) is 17.4 Å². The van der Waals surface area contributed by atoms with Gasteiger partial charge in [-0.05, 0) is 49.7 Å². The highest BCUT2D eigenvalue weighted by Gasteiger charge is 2.31. The average Bonchev–Trinajstić information content (AvgIpc) is 3.51. The molecule has 2 aromatic heterocycles. The highest BCUT2D eigenvalue weighted by Crippen LogP contribution is 2.44. The quantitative estimate of drug-likeness (QED) is 0.504. The van der Waals surface area contributed by atoms with Crippen LogP contribution in [-0.4, -0.2) is 39.8 Å². The Morgan fingerprint density at radius 2 is 2.00 bits per heavy atom. The molecule has 0 bridgehead atoms. The first kappa shape index (κ1) is 22.7. The number of carbonyl (C=O) groups is 1. The second kappa shape index (κ2) is 8.95. The number of nitrogens with zero attached hydrogens (tertiary/aromatic N) is 4. The second-order valence-corrected chi connectivity index (χ2v) is 10.0. The van der Waals surface area contributed by atoms with Gasteiger partial charge in [-0.3, -0.25) is 9.48 Å². The van der Waals surface area contributed by atoms with E-state index in [1.165, 1.54) is 12.1 Å². The van der Waals surface area contributed by atoms with E-state index in [1.807, 2.05) is 7.05 Å². The molecule has 0 spiro atoms. The lowest BCUT2D eigenvalue weighted by atomic mass is 10.1. The first-order valence-electron chi connectivity index (χ1n) is 11.4. The topological polar surface area (TPSA) is 115 Å². The van der Waals surface area contributed by atoms with Crippen molar-refractivity contribution in [2.45, 2.75) is 44.1 Å². The average molecular weight is 488 g/mol. The molecule has 1 aliphatic heterocycles. The van der Waals surface area contributed by atoms with Gasteiger partial charge in [0.05, 0.1) is 11.8 Å². The summed E-state index contributed by atoms with van der Waals surface area (Å²) in [5.41, 5.74) is 12.9. The summed E-state index contributed by atoms with van der Waals surface area (Å²) < 4.78 is 31.4. The van der Waals surface area contributed by atoms with Crippen molar-refractivity contribution in [2.24, 2.45) is 12.8 Å². The number of nitrogens with two attached hydrogens (primary N) is 2. The first-order chi connectivity index (χ1) is 16.3. The van der Waals surface area contributed by atoms with Gasteiger partial charge in [0.2, 0.25) is 0 Å². The van der Waals surface area contributed by atoms with Crippen molar-refractivity contribution in [2.75, 3.05) is 29.0 Å². The predicted octanol–water partition coefficient (Wildman–Crippen LogP) is 3.85. The maximum Gasteiger partial charge on any atom is 0.277 e. The van der Waals surface area contributed by atoms with Crippen LogP contribution >= 0.6 is 11.3 Å². The summed E-state index contributed by atoms with van der Waals surface area (Å²) in [7, 11) is 1.81. The van der Waals surface area contributed by atoms with Crippen molar-refractivity contribution < 1.29 is 13.6 Å². The monoisotopic (exact) mass is 487 g/mol. The van der Waals surface area contributed by atoms with E-state index in [9.17, 15) is 9.18 Å². The molecule has 5 rings (SSSR count). The number of halogens is 2. The van der Waals surface area contributed by atoms with Gasteiger partial charge in [0.1, 0.15) is 27.3 Å². The summed E-state index contributed by atoms with van der Waals surface area (Å²) in [4.78, 5) is 19.5. The molecule has 34 heavy (non-hydrogen) atoms. The summed E-state index contributed by atoms with van der Waals surface area (Å²) in [6, 6.07) is 2.89. The molecule has 0 unspecified atom stereocenters. The molecule has 3 aromatic rings.